The van der Waals surface area contributed by atoms with E-state index in [1.54, 1.807) is 6.07 Å². The predicted molar refractivity (Wildman–Crippen MR) is 137 cm³/mol. The lowest BCUT2D eigenvalue weighted by Crippen LogP contribution is -2.49. The van der Waals surface area contributed by atoms with Crippen LogP contribution in [-0.2, 0) is 0 Å². The largest absolute Gasteiger partial charge is 0.368 e. The van der Waals surface area contributed by atoms with E-state index < -0.39 is 0 Å². The Hall–Kier alpha value is -4.06. The topological polar surface area (TPSA) is 68.4 Å². The van der Waals surface area contributed by atoms with Crippen LogP contribution in [0.2, 0.25) is 0 Å². The number of rotatable bonds is 4. The Morgan fingerprint density at radius 1 is 0.824 bits per heavy atom. The molecule has 2 heterocycles. The summed E-state index contributed by atoms with van der Waals surface area (Å²) in [5.74, 6) is -0.327. The number of amides is 2. The van der Waals surface area contributed by atoms with Crippen LogP contribution < -0.4 is 10.2 Å². The Bertz CT molecular complexity index is 1370. The first-order valence-electron chi connectivity index (χ1n) is 11.6. The Morgan fingerprint density at radius 3 is 2.26 bits per heavy atom. The van der Waals surface area contributed by atoms with E-state index in [9.17, 15) is 9.59 Å². The summed E-state index contributed by atoms with van der Waals surface area (Å²) in [5, 5.41) is 3.83. The summed E-state index contributed by atoms with van der Waals surface area (Å²) < 4.78 is 0. The molecule has 4 aromatic rings. The molecule has 0 saturated carbocycles. The number of nitrogens with one attached hydrogen (secondary N) is 2. The maximum atomic E-state index is 13.6. The highest BCUT2D eigenvalue weighted by atomic mass is 16.2. The average molecular weight is 453 g/mol. The maximum Gasteiger partial charge on any atom is 0.272 e. The standard InChI is InChI=1S/C28H28N4O2/c1-19-7-5-9-21(17-19)27(33)30-25-23-11-3-4-12-24(23)29-26(25)28(34)32-15-13-31(14-16-32)22-10-6-8-20(2)18-22/h3-12,17-18,29H,13-16H2,1-2H3,(H,30,33). The van der Waals surface area contributed by atoms with Gasteiger partial charge in [0, 0.05) is 48.3 Å². The smallest absolute Gasteiger partial charge is 0.272 e. The molecule has 172 valence electrons. The van der Waals surface area contributed by atoms with Gasteiger partial charge in [-0.05, 0) is 49.7 Å². The number of carbonyl (C=O) groups is 2. The summed E-state index contributed by atoms with van der Waals surface area (Å²) in [5.41, 5.74) is 5.76. The molecule has 1 fully saturated rings. The van der Waals surface area contributed by atoms with Gasteiger partial charge in [0.05, 0.1) is 5.69 Å². The zero-order valence-corrected chi connectivity index (χ0v) is 19.5. The number of hydrogen-bond acceptors (Lipinski definition) is 3. The summed E-state index contributed by atoms with van der Waals surface area (Å²) in [6.07, 6.45) is 0. The highest BCUT2D eigenvalue weighted by Gasteiger charge is 2.27. The number of benzene rings is 3. The van der Waals surface area contributed by atoms with Crippen LogP contribution in [-0.4, -0.2) is 47.9 Å². The molecule has 2 N–H and O–H groups in total. The maximum absolute atomic E-state index is 13.6. The molecule has 0 bridgehead atoms. The molecule has 1 aliphatic rings. The molecule has 0 unspecified atom stereocenters. The van der Waals surface area contributed by atoms with Gasteiger partial charge in [-0.15, -0.1) is 0 Å². The van der Waals surface area contributed by atoms with Crippen LogP contribution in [0.15, 0.2) is 72.8 Å². The van der Waals surface area contributed by atoms with Crippen LogP contribution in [0.25, 0.3) is 10.9 Å². The van der Waals surface area contributed by atoms with E-state index in [-0.39, 0.29) is 11.8 Å². The highest BCUT2D eigenvalue weighted by molar-refractivity contribution is 6.15. The number of piperazine rings is 1. The number of carbonyl (C=O) groups excluding carboxylic acids is 2. The van der Waals surface area contributed by atoms with Crippen LogP contribution in [0, 0.1) is 13.8 Å². The molecule has 1 aromatic heterocycles. The van der Waals surface area contributed by atoms with Gasteiger partial charge < -0.3 is 20.1 Å². The first-order valence-corrected chi connectivity index (χ1v) is 11.6. The van der Waals surface area contributed by atoms with Gasteiger partial charge in [-0.1, -0.05) is 48.0 Å². The Labute approximate surface area is 199 Å². The zero-order chi connectivity index (χ0) is 23.7. The fourth-order valence-corrected chi connectivity index (χ4v) is 4.55. The molecule has 0 atom stereocenters. The van der Waals surface area contributed by atoms with Crippen LogP contribution in [0.3, 0.4) is 0 Å². The summed E-state index contributed by atoms with van der Waals surface area (Å²) in [6, 6.07) is 23.5. The van der Waals surface area contributed by atoms with Crippen molar-refractivity contribution < 1.29 is 9.59 Å². The lowest BCUT2D eigenvalue weighted by atomic mass is 10.1. The van der Waals surface area contributed by atoms with Crippen LogP contribution in [0.5, 0.6) is 0 Å². The molecule has 0 spiro atoms. The van der Waals surface area contributed by atoms with E-state index in [4.69, 9.17) is 0 Å². The second-order valence-corrected chi connectivity index (χ2v) is 8.86. The summed E-state index contributed by atoms with van der Waals surface area (Å²) in [4.78, 5) is 34.0. The van der Waals surface area contributed by atoms with Crippen molar-refractivity contribution in [1.29, 1.82) is 0 Å². The lowest BCUT2D eigenvalue weighted by molar-refractivity contribution is 0.0743. The van der Waals surface area contributed by atoms with Gasteiger partial charge in [0.25, 0.3) is 11.8 Å². The molecular weight excluding hydrogens is 424 g/mol. The van der Waals surface area contributed by atoms with E-state index in [1.807, 2.05) is 54.3 Å². The molecule has 2 amide bonds. The minimum Gasteiger partial charge on any atom is -0.368 e. The molecular formula is C28H28N4O2. The fraction of sp³-hybridized carbons (Fsp3) is 0.214. The molecule has 34 heavy (non-hydrogen) atoms. The third-order valence-corrected chi connectivity index (χ3v) is 6.37. The minimum atomic E-state index is -0.230. The zero-order valence-electron chi connectivity index (χ0n) is 19.5. The quantitative estimate of drug-likeness (QED) is 0.458. The van der Waals surface area contributed by atoms with Gasteiger partial charge in [0.1, 0.15) is 5.69 Å². The molecule has 0 radical (unpaired) electrons. The third kappa shape index (κ3) is 4.27. The second-order valence-electron chi connectivity index (χ2n) is 8.86. The number of fused-ring (bicyclic) bond motifs is 1. The molecule has 0 aliphatic carbocycles. The number of anilines is 2. The fourth-order valence-electron chi connectivity index (χ4n) is 4.55. The lowest BCUT2D eigenvalue weighted by Gasteiger charge is -2.36. The number of aromatic nitrogens is 1. The Morgan fingerprint density at radius 2 is 1.53 bits per heavy atom. The number of aryl methyl sites for hydroxylation is 2. The number of nitrogens with zero attached hydrogens (tertiary/aromatic N) is 2. The van der Waals surface area contributed by atoms with Crippen molar-refractivity contribution >= 4 is 34.1 Å². The summed E-state index contributed by atoms with van der Waals surface area (Å²) in [6.45, 7) is 6.81. The van der Waals surface area contributed by atoms with Gasteiger partial charge in [-0.3, -0.25) is 9.59 Å². The van der Waals surface area contributed by atoms with Crippen molar-refractivity contribution in [1.82, 2.24) is 9.88 Å². The van der Waals surface area contributed by atoms with E-state index in [2.05, 4.69) is 46.4 Å². The molecule has 6 heteroatoms. The first kappa shape index (κ1) is 21.8. The first-order chi connectivity index (χ1) is 16.5. The highest BCUT2D eigenvalue weighted by Crippen LogP contribution is 2.30. The van der Waals surface area contributed by atoms with Crippen molar-refractivity contribution in [2.75, 3.05) is 36.4 Å². The number of para-hydroxylation sites is 1. The van der Waals surface area contributed by atoms with Gasteiger partial charge in [-0.25, -0.2) is 0 Å². The number of H-pyrrole nitrogens is 1. The predicted octanol–water partition coefficient (Wildman–Crippen LogP) is 5.00. The number of aromatic amines is 1. The third-order valence-electron chi connectivity index (χ3n) is 6.37. The van der Waals surface area contributed by atoms with Gasteiger partial charge in [0.15, 0.2) is 0 Å². The van der Waals surface area contributed by atoms with Gasteiger partial charge >= 0.3 is 0 Å². The average Bonchev–Trinajstić information content (AvgIpc) is 3.22. The van der Waals surface area contributed by atoms with E-state index in [0.29, 0.717) is 30.0 Å². The normalized spacial score (nSPS) is 13.8. The van der Waals surface area contributed by atoms with E-state index in [1.165, 1.54) is 11.3 Å². The summed E-state index contributed by atoms with van der Waals surface area (Å²) in [7, 11) is 0. The van der Waals surface area contributed by atoms with Crippen LogP contribution in [0.1, 0.15) is 32.0 Å². The van der Waals surface area contributed by atoms with Crippen LogP contribution in [0.4, 0.5) is 11.4 Å². The van der Waals surface area contributed by atoms with Crippen molar-refractivity contribution in [2.45, 2.75) is 13.8 Å². The molecule has 6 nitrogen and oxygen atoms in total. The second kappa shape index (κ2) is 9.06. The number of hydrogen-bond donors (Lipinski definition) is 2. The minimum absolute atomic E-state index is 0.0976. The van der Waals surface area contributed by atoms with Crippen molar-refractivity contribution in [3.8, 4) is 0 Å². The van der Waals surface area contributed by atoms with E-state index >= 15 is 0 Å². The Balaban J connectivity index is 1.39. The molecule has 1 aliphatic heterocycles. The Kier molecular flexibility index (Phi) is 5.80. The molecule has 3 aromatic carbocycles. The monoisotopic (exact) mass is 452 g/mol. The van der Waals surface area contributed by atoms with Gasteiger partial charge in [-0.2, -0.15) is 0 Å². The van der Waals surface area contributed by atoms with Crippen molar-refractivity contribution in [3.63, 3.8) is 0 Å². The van der Waals surface area contributed by atoms with Crippen molar-refractivity contribution in [2.24, 2.45) is 0 Å². The SMILES string of the molecule is Cc1cccc(C(=O)Nc2c(C(=O)N3CCN(c4cccc(C)c4)CC3)[nH]c3ccccc23)c1. The van der Waals surface area contributed by atoms with Crippen LogP contribution >= 0.6 is 0 Å². The van der Waals surface area contributed by atoms with Gasteiger partial charge in [0.2, 0.25) is 0 Å². The molecule has 1 saturated heterocycles. The molecule has 5 rings (SSSR count). The summed E-state index contributed by atoms with van der Waals surface area (Å²) >= 11 is 0. The van der Waals surface area contributed by atoms with Crippen molar-refractivity contribution in [3.05, 3.63) is 95.2 Å². The van der Waals surface area contributed by atoms with E-state index in [0.717, 1.165) is 29.6 Å².